The minimum absolute atomic E-state index is 0.176. The molecule has 21 heavy (non-hydrogen) atoms. The molecule has 8 heteroatoms. The number of thiazole rings is 1. The number of benzene rings is 1. The quantitative estimate of drug-likeness (QED) is 0.703. The Morgan fingerprint density at radius 3 is 2.76 bits per heavy atom. The van der Waals surface area contributed by atoms with E-state index in [0.717, 1.165) is 11.4 Å². The Balaban J connectivity index is 2.17. The minimum atomic E-state index is -3.48. The molecular formula is C13H18N4O2S2. The molecule has 0 saturated carbocycles. The van der Waals surface area contributed by atoms with E-state index in [9.17, 15) is 8.42 Å². The Morgan fingerprint density at radius 1 is 1.38 bits per heavy atom. The van der Waals surface area contributed by atoms with Gasteiger partial charge in [0.05, 0.1) is 22.8 Å². The van der Waals surface area contributed by atoms with Gasteiger partial charge in [-0.05, 0) is 31.7 Å². The van der Waals surface area contributed by atoms with Crippen molar-refractivity contribution in [1.82, 2.24) is 9.71 Å². The van der Waals surface area contributed by atoms with Crippen molar-refractivity contribution < 1.29 is 8.42 Å². The van der Waals surface area contributed by atoms with Gasteiger partial charge in [0.15, 0.2) is 0 Å². The summed E-state index contributed by atoms with van der Waals surface area (Å²) in [4.78, 5) is 5.69. The third kappa shape index (κ3) is 3.72. The Hall–Kier alpha value is -1.64. The number of aromatic nitrogens is 1. The lowest BCUT2D eigenvalue weighted by Crippen LogP contribution is -2.18. The molecule has 6 nitrogen and oxygen atoms in total. The van der Waals surface area contributed by atoms with E-state index in [-0.39, 0.29) is 4.90 Å². The van der Waals surface area contributed by atoms with E-state index in [2.05, 4.69) is 21.9 Å². The number of sulfonamides is 1. The van der Waals surface area contributed by atoms with E-state index in [0.29, 0.717) is 17.9 Å². The van der Waals surface area contributed by atoms with Crippen LogP contribution in [0.25, 0.3) is 0 Å². The van der Waals surface area contributed by atoms with Crippen molar-refractivity contribution in [3.63, 3.8) is 0 Å². The lowest BCUT2D eigenvalue weighted by Gasteiger charge is -2.10. The lowest BCUT2D eigenvalue weighted by atomic mass is 10.2. The summed E-state index contributed by atoms with van der Waals surface area (Å²) in [5.74, 6) is 0. The molecule has 2 aromatic rings. The maximum absolute atomic E-state index is 11.8. The van der Waals surface area contributed by atoms with E-state index in [4.69, 9.17) is 5.73 Å². The molecule has 0 spiro atoms. The fraction of sp³-hybridized carbons (Fsp3) is 0.308. The average Bonchev–Trinajstić information content (AvgIpc) is 2.94. The summed E-state index contributed by atoms with van der Waals surface area (Å²) >= 11 is 1.63. The molecule has 0 fully saturated rings. The van der Waals surface area contributed by atoms with Gasteiger partial charge in [-0.15, -0.1) is 11.3 Å². The first-order valence-electron chi connectivity index (χ1n) is 6.46. The van der Waals surface area contributed by atoms with Crippen LogP contribution in [0.2, 0.25) is 0 Å². The zero-order valence-electron chi connectivity index (χ0n) is 11.9. The minimum Gasteiger partial charge on any atom is -0.397 e. The molecule has 0 aliphatic heterocycles. The summed E-state index contributed by atoms with van der Waals surface area (Å²) in [6, 6.07) is 4.58. The number of nitrogen functional groups attached to an aromatic ring is 1. The van der Waals surface area contributed by atoms with Crippen molar-refractivity contribution in [1.29, 1.82) is 0 Å². The highest BCUT2D eigenvalue weighted by molar-refractivity contribution is 7.89. The summed E-state index contributed by atoms with van der Waals surface area (Å²) in [5.41, 5.74) is 6.96. The maximum atomic E-state index is 11.8. The van der Waals surface area contributed by atoms with E-state index < -0.39 is 10.0 Å². The molecule has 0 aliphatic rings. The second-order valence-corrected chi connectivity index (χ2v) is 7.47. The molecule has 114 valence electrons. The van der Waals surface area contributed by atoms with Crippen molar-refractivity contribution in [2.45, 2.75) is 24.8 Å². The van der Waals surface area contributed by atoms with E-state index >= 15 is 0 Å². The number of nitrogens with one attached hydrogen (secondary N) is 2. The van der Waals surface area contributed by atoms with Crippen LogP contribution in [0.4, 0.5) is 11.4 Å². The van der Waals surface area contributed by atoms with Crippen LogP contribution in [0, 0.1) is 0 Å². The number of rotatable bonds is 6. The van der Waals surface area contributed by atoms with Crippen LogP contribution in [0.5, 0.6) is 0 Å². The molecule has 0 atom stereocenters. The number of nitrogens with zero attached hydrogens (tertiary/aromatic N) is 1. The summed E-state index contributed by atoms with van der Waals surface area (Å²) in [6.45, 7) is 2.59. The first kappa shape index (κ1) is 15.7. The van der Waals surface area contributed by atoms with E-state index in [1.54, 1.807) is 17.4 Å². The smallest absolute Gasteiger partial charge is 0.240 e. The van der Waals surface area contributed by atoms with Gasteiger partial charge in [-0.25, -0.2) is 18.1 Å². The molecule has 0 aliphatic carbocycles. The third-order valence-corrected chi connectivity index (χ3v) is 5.54. The highest BCUT2D eigenvalue weighted by Crippen LogP contribution is 2.24. The van der Waals surface area contributed by atoms with Gasteiger partial charge in [-0.2, -0.15) is 0 Å². The Bertz CT molecular complexity index is 726. The van der Waals surface area contributed by atoms with Gasteiger partial charge >= 0.3 is 0 Å². The second kappa shape index (κ2) is 6.42. The summed E-state index contributed by atoms with van der Waals surface area (Å²) < 4.78 is 25.9. The van der Waals surface area contributed by atoms with Gasteiger partial charge in [0.25, 0.3) is 0 Å². The predicted octanol–water partition coefficient (Wildman–Crippen LogP) is 1.81. The molecule has 1 aromatic carbocycles. The molecule has 2 rings (SSSR count). The molecule has 4 N–H and O–H groups in total. The SMILES string of the molecule is CCc1cnc(CNc2cc(S(=O)(=O)NC)ccc2N)s1. The van der Waals surface area contributed by atoms with Gasteiger partial charge in [-0.1, -0.05) is 6.92 Å². The average molecular weight is 326 g/mol. The van der Waals surface area contributed by atoms with Gasteiger partial charge < -0.3 is 11.1 Å². The van der Waals surface area contributed by atoms with Gasteiger partial charge in [0.2, 0.25) is 10.0 Å². The predicted molar refractivity (Wildman–Crippen MR) is 85.9 cm³/mol. The fourth-order valence-corrected chi connectivity index (χ4v) is 3.30. The monoisotopic (exact) mass is 326 g/mol. The van der Waals surface area contributed by atoms with Crippen molar-refractivity contribution in [2.75, 3.05) is 18.1 Å². The van der Waals surface area contributed by atoms with Gasteiger partial charge in [-0.3, -0.25) is 0 Å². The summed E-state index contributed by atoms with van der Waals surface area (Å²) in [5, 5.41) is 4.07. The van der Waals surface area contributed by atoms with Crippen molar-refractivity contribution >= 4 is 32.7 Å². The number of aryl methyl sites for hydroxylation is 1. The van der Waals surface area contributed by atoms with Crippen LogP contribution in [0.1, 0.15) is 16.8 Å². The van der Waals surface area contributed by atoms with Crippen LogP contribution in [-0.2, 0) is 23.0 Å². The van der Waals surface area contributed by atoms with Crippen LogP contribution < -0.4 is 15.8 Å². The summed E-state index contributed by atoms with van der Waals surface area (Å²) in [6.07, 6.45) is 2.81. The number of hydrogen-bond acceptors (Lipinski definition) is 6. The maximum Gasteiger partial charge on any atom is 0.240 e. The zero-order valence-corrected chi connectivity index (χ0v) is 13.5. The Labute approximate surface area is 128 Å². The normalized spacial score (nSPS) is 11.5. The topological polar surface area (TPSA) is 97.1 Å². The fourth-order valence-electron chi connectivity index (χ4n) is 1.74. The molecule has 0 unspecified atom stereocenters. The molecule has 0 radical (unpaired) electrons. The van der Waals surface area contributed by atoms with Crippen LogP contribution in [0.3, 0.4) is 0 Å². The summed E-state index contributed by atoms with van der Waals surface area (Å²) in [7, 11) is -2.10. The Morgan fingerprint density at radius 2 is 2.14 bits per heavy atom. The first-order chi connectivity index (χ1) is 9.96. The number of anilines is 2. The van der Waals surface area contributed by atoms with Gasteiger partial charge in [0, 0.05) is 11.1 Å². The standard InChI is InChI=1S/C13H18N4O2S2/c1-3-9-7-17-13(20-9)8-16-12-6-10(4-5-11(12)14)21(18,19)15-2/h4-7,15-16H,3,8,14H2,1-2H3. The zero-order chi connectivity index (χ0) is 15.5. The molecular weight excluding hydrogens is 308 g/mol. The van der Waals surface area contributed by atoms with E-state index in [1.807, 2.05) is 6.20 Å². The first-order valence-corrected chi connectivity index (χ1v) is 8.76. The third-order valence-electron chi connectivity index (χ3n) is 2.98. The molecule has 0 amide bonds. The number of nitrogens with two attached hydrogens (primary N) is 1. The van der Waals surface area contributed by atoms with Crippen LogP contribution in [0.15, 0.2) is 29.3 Å². The Kier molecular flexibility index (Phi) is 4.81. The molecule has 1 heterocycles. The van der Waals surface area contributed by atoms with E-state index in [1.165, 1.54) is 24.1 Å². The van der Waals surface area contributed by atoms with Crippen molar-refractivity contribution in [2.24, 2.45) is 0 Å². The van der Waals surface area contributed by atoms with Gasteiger partial charge in [0.1, 0.15) is 5.01 Å². The van der Waals surface area contributed by atoms with Crippen LogP contribution >= 0.6 is 11.3 Å². The number of hydrogen-bond donors (Lipinski definition) is 3. The van der Waals surface area contributed by atoms with Crippen molar-refractivity contribution in [3.8, 4) is 0 Å². The molecule has 1 aromatic heterocycles. The molecule has 0 bridgehead atoms. The highest BCUT2D eigenvalue weighted by Gasteiger charge is 2.13. The largest absolute Gasteiger partial charge is 0.397 e. The van der Waals surface area contributed by atoms with Crippen LogP contribution in [-0.4, -0.2) is 20.4 Å². The van der Waals surface area contributed by atoms with Crippen molar-refractivity contribution in [3.05, 3.63) is 34.3 Å². The molecule has 0 saturated heterocycles. The lowest BCUT2D eigenvalue weighted by molar-refractivity contribution is 0.588. The highest BCUT2D eigenvalue weighted by atomic mass is 32.2. The second-order valence-electron chi connectivity index (χ2n) is 4.38.